The van der Waals surface area contributed by atoms with Gasteiger partial charge in [0.2, 0.25) is 0 Å². The van der Waals surface area contributed by atoms with Crippen molar-refractivity contribution in [3.8, 4) is 0 Å². The molecule has 0 aliphatic carbocycles. The molecule has 5 heteroatoms. The van der Waals surface area contributed by atoms with Crippen LogP contribution in [0, 0.1) is 13.8 Å². The van der Waals surface area contributed by atoms with Crippen LogP contribution in [0.15, 0.2) is 53.5 Å². The molecule has 1 heterocycles. The number of aromatic nitrogens is 1. The Morgan fingerprint density at radius 2 is 1.79 bits per heavy atom. The molecule has 0 spiro atoms. The van der Waals surface area contributed by atoms with Gasteiger partial charge in [0.25, 0.3) is 11.5 Å². The molecule has 0 unspecified atom stereocenters. The minimum Gasteiger partial charge on any atom is -0.311 e. The lowest BCUT2D eigenvalue weighted by Crippen LogP contribution is -2.22. The van der Waals surface area contributed by atoms with Crippen molar-refractivity contribution in [1.29, 1.82) is 0 Å². The predicted molar refractivity (Wildman–Crippen MR) is 92.5 cm³/mol. The van der Waals surface area contributed by atoms with Gasteiger partial charge in [-0.3, -0.25) is 14.8 Å². The van der Waals surface area contributed by atoms with E-state index in [1.807, 2.05) is 19.9 Å². The fourth-order valence-corrected chi connectivity index (χ4v) is 2.97. The molecule has 0 saturated carbocycles. The Morgan fingerprint density at radius 1 is 1.08 bits per heavy atom. The zero-order chi connectivity index (χ0) is 17.3. The van der Waals surface area contributed by atoms with Gasteiger partial charge in [-0.15, -0.1) is 0 Å². The number of carbonyl (C=O) groups excluding carboxylic acids is 1. The number of carbonyl (C=O) groups is 1. The maximum atomic E-state index is 12.7. The Hall–Kier alpha value is -2.92. The topological polar surface area (TPSA) is 71.3 Å². The molecule has 3 rings (SSSR count). The third-order valence-corrected chi connectivity index (χ3v) is 3.98. The number of pyridine rings is 1. The lowest BCUT2D eigenvalue weighted by Gasteiger charge is -2.10. The van der Waals surface area contributed by atoms with E-state index in [1.165, 1.54) is 6.07 Å². The van der Waals surface area contributed by atoms with E-state index >= 15 is 0 Å². The number of rotatable bonds is 3. The molecule has 0 atom stereocenters. The number of hydroxylamine groups is 1. The molecule has 122 valence electrons. The molecule has 2 aromatic carbocycles. The Kier molecular flexibility index (Phi) is 4.18. The van der Waals surface area contributed by atoms with Gasteiger partial charge in [-0.25, -0.2) is 5.48 Å². The Morgan fingerprint density at radius 3 is 2.46 bits per heavy atom. The number of hydrogen-bond acceptors (Lipinski definition) is 3. The highest BCUT2D eigenvalue weighted by Crippen LogP contribution is 2.14. The zero-order valence-corrected chi connectivity index (χ0v) is 13.5. The zero-order valence-electron chi connectivity index (χ0n) is 13.5. The molecule has 0 radical (unpaired) electrons. The molecule has 1 aromatic heterocycles. The maximum absolute atomic E-state index is 12.7. The quantitative estimate of drug-likeness (QED) is 0.575. The largest absolute Gasteiger partial charge is 0.311 e. The van der Waals surface area contributed by atoms with Crippen molar-refractivity contribution in [2.45, 2.75) is 20.4 Å². The van der Waals surface area contributed by atoms with E-state index < -0.39 is 5.91 Å². The summed E-state index contributed by atoms with van der Waals surface area (Å²) in [5, 5.41) is 9.95. The Labute approximate surface area is 139 Å². The second kappa shape index (κ2) is 6.29. The molecule has 0 aliphatic rings. The fourth-order valence-electron chi connectivity index (χ4n) is 2.97. The lowest BCUT2D eigenvalue weighted by atomic mass is 10.1. The van der Waals surface area contributed by atoms with Gasteiger partial charge in [0.15, 0.2) is 0 Å². The molecule has 0 aliphatic heterocycles. The van der Waals surface area contributed by atoms with Gasteiger partial charge in [0, 0.05) is 17.1 Å². The average molecular weight is 322 g/mol. The van der Waals surface area contributed by atoms with Crippen LogP contribution < -0.4 is 11.0 Å². The van der Waals surface area contributed by atoms with Crippen LogP contribution in [0.4, 0.5) is 0 Å². The minimum absolute atomic E-state index is 0.167. The number of fused-ring (bicyclic) bond motifs is 1. The SMILES string of the molecule is Cc1cc(C)cc(Cn2ccc3ccc(C(=O)NO)cc3c2=O)c1. The number of nitrogens with zero attached hydrogens (tertiary/aromatic N) is 1. The monoisotopic (exact) mass is 322 g/mol. The van der Waals surface area contributed by atoms with E-state index in [2.05, 4.69) is 18.2 Å². The highest BCUT2D eigenvalue weighted by Gasteiger charge is 2.09. The summed E-state index contributed by atoms with van der Waals surface area (Å²) in [6.07, 6.45) is 1.76. The van der Waals surface area contributed by atoms with E-state index in [9.17, 15) is 9.59 Å². The molecular weight excluding hydrogens is 304 g/mol. The molecule has 3 aromatic rings. The highest BCUT2D eigenvalue weighted by atomic mass is 16.5. The second-order valence-electron chi connectivity index (χ2n) is 5.99. The fraction of sp³-hybridized carbons (Fsp3) is 0.158. The smallest absolute Gasteiger partial charge is 0.274 e. The number of aryl methyl sites for hydroxylation is 2. The molecule has 2 N–H and O–H groups in total. The van der Waals surface area contributed by atoms with E-state index in [0.29, 0.717) is 11.9 Å². The summed E-state index contributed by atoms with van der Waals surface area (Å²) >= 11 is 0. The predicted octanol–water partition coefficient (Wildman–Crippen LogP) is 2.79. The number of benzene rings is 2. The van der Waals surface area contributed by atoms with Crippen molar-refractivity contribution in [3.05, 3.63) is 81.3 Å². The van der Waals surface area contributed by atoms with Crippen molar-refractivity contribution in [3.63, 3.8) is 0 Å². The number of nitrogens with one attached hydrogen (secondary N) is 1. The van der Waals surface area contributed by atoms with Crippen LogP contribution in [0.5, 0.6) is 0 Å². The second-order valence-corrected chi connectivity index (χ2v) is 5.99. The molecule has 0 bridgehead atoms. The van der Waals surface area contributed by atoms with Crippen LogP contribution in [-0.4, -0.2) is 15.7 Å². The van der Waals surface area contributed by atoms with Crippen LogP contribution in [0.2, 0.25) is 0 Å². The molecule has 0 saturated heterocycles. The third-order valence-electron chi connectivity index (χ3n) is 3.98. The Bertz CT molecular complexity index is 969. The van der Waals surface area contributed by atoms with Crippen molar-refractivity contribution in [2.75, 3.05) is 0 Å². The van der Waals surface area contributed by atoms with Gasteiger partial charge in [-0.2, -0.15) is 0 Å². The summed E-state index contributed by atoms with van der Waals surface area (Å²) in [6, 6.07) is 12.8. The van der Waals surface area contributed by atoms with Gasteiger partial charge in [0.1, 0.15) is 0 Å². The minimum atomic E-state index is -0.638. The first-order valence-electron chi connectivity index (χ1n) is 7.63. The summed E-state index contributed by atoms with van der Waals surface area (Å²) in [5.74, 6) is -0.638. The lowest BCUT2D eigenvalue weighted by molar-refractivity contribution is 0.0706. The Balaban J connectivity index is 2.07. The summed E-state index contributed by atoms with van der Waals surface area (Å²) in [7, 11) is 0. The van der Waals surface area contributed by atoms with E-state index in [1.54, 1.807) is 28.4 Å². The average Bonchev–Trinajstić information content (AvgIpc) is 2.55. The first-order valence-corrected chi connectivity index (χ1v) is 7.63. The summed E-state index contributed by atoms with van der Waals surface area (Å²) in [6.45, 7) is 4.52. The molecular formula is C19H18N2O3. The van der Waals surface area contributed by atoms with Crippen molar-refractivity contribution >= 4 is 16.7 Å². The van der Waals surface area contributed by atoms with Crippen molar-refractivity contribution in [1.82, 2.24) is 10.0 Å². The highest BCUT2D eigenvalue weighted by molar-refractivity contribution is 5.97. The normalized spacial score (nSPS) is 10.8. The van der Waals surface area contributed by atoms with Crippen LogP contribution in [0.25, 0.3) is 10.8 Å². The van der Waals surface area contributed by atoms with E-state index in [-0.39, 0.29) is 11.1 Å². The molecule has 24 heavy (non-hydrogen) atoms. The van der Waals surface area contributed by atoms with E-state index in [4.69, 9.17) is 5.21 Å². The van der Waals surface area contributed by atoms with Crippen molar-refractivity contribution < 1.29 is 10.0 Å². The first-order chi connectivity index (χ1) is 11.5. The molecule has 1 amide bonds. The van der Waals surface area contributed by atoms with Gasteiger partial charge in [-0.1, -0.05) is 35.4 Å². The van der Waals surface area contributed by atoms with Gasteiger partial charge in [0.05, 0.1) is 6.54 Å². The standard InChI is InChI=1S/C19H18N2O3/c1-12-7-13(2)9-14(8-12)11-21-6-5-15-3-4-16(18(22)20-24)10-17(15)19(21)23/h3-10,24H,11H2,1-2H3,(H,20,22). The van der Waals surface area contributed by atoms with Gasteiger partial charge in [-0.05, 0) is 43.0 Å². The molecule has 5 nitrogen and oxygen atoms in total. The maximum Gasteiger partial charge on any atom is 0.274 e. The summed E-state index contributed by atoms with van der Waals surface area (Å²) in [4.78, 5) is 24.3. The summed E-state index contributed by atoms with van der Waals surface area (Å²) < 4.78 is 1.62. The number of hydrogen-bond donors (Lipinski definition) is 2. The van der Waals surface area contributed by atoms with Gasteiger partial charge < -0.3 is 4.57 Å². The third kappa shape index (κ3) is 3.07. The van der Waals surface area contributed by atoms with Crippen LogP contribution >= 0.6 is 0 Å². The van der Waals surface area contributed by atoms with Gasteiger partial charge >= 0.3 is 0 Å². The van der Waals surface area contributed by atoms with Crippen LogP contribution in [0.3, 0.4) is 0 Å². The summed E-state index contributed by atoms with van der Waals surface area (Å²) in [5.41, 5.74) is 5.02. The van der Waals surface area contributed by atoms with Crippen LogP contribution in [-0.2, 0) is 6.54 Å². The van der Waals surface area contributed by atoms with E-state index in [0.717, 1.165) is 22.1 Å². The molecule has 0 fully saturated rings. The van der Waals surface area contributed by atoms with Crippen molar-refractivity contribution in [2.24, 2.45) is 0 Å². The number of amides is 1. The van der Waals surface area contributed by atoms with Crippen LogP contribution in [0.1, 0.15) is 27.0 Å². The first kappa shape index (κ1) is 16.0.